The average molecular weight is 169 g/mol. The molecule has 1 rings (SSSR count). The zero-order chi connectivity index (χ0) is 9.14. The molecule has 0 heterocycles. The van der Waals surface area contributed by atoms with Crippen molar-refractivity contribution in [2.24, 2.45) is 11.8 Å². The van der Waals surface area contributed by atoms with Crippen LogP contribution in [-0.2, 0) is 0 Å². The Bertz CT molecular complexity index is 125. The summed E-state index contributed by atoms with van der Waals surface area (Å²) in [4.78, 5) is 2.54. The molecule has 0 bridgehead atoms. The fourth-order valence-electron chi connectivity index (χ4n) is 2.12. The van der Waals surface area contributed by atoms with E-state index in [1.807, 2.05) is 0 Å². The van der Waals surface area contributed by atoms with E-state index in [1.165, 1.54) is 25.8 Å². The van der Waals surface area contributed by atoms with E-state index in [0.29, 0.717) is 0 Å². The SMILES string of the molecule is CCC1CC(N(C)CC(C)C)C1. The van der Waals surface area contributed by atoms with Crippen molar-refractivity contribution in [3.05, 3.63) is 0 Å². The van der Waals surface area contributed by atoms with Gasteiger partial charge < -0.3 is 4.90 Å². The van der Waals surface area contributed by atoms with Gasteiger partial charge in [0, 0.05) is 12.6 Å². The Balaban J connectivity index is 2.14. The summed E-state index contributed by atoms with van der Waals surface area (Å²) in [7, 11) is 2.27. The van der Waals surface area contributed by atoms with E-state index in [1.54, 1.807) is 0 Å². The first kappa shape index (κ1) is 10.0. The molecule has 72 valence electrons. The highest BCUT2D eigenvalue weighted by atomic mass is 15.1. The molecule has 0 aliphatic heterocycles. The molecule has 1 aliphatic rings. The lowest BCUT2D eigenvalue weighted by atomic mass is 9.78. The monoisotopic (exact) mass is 169 g/mol. The van der Waals surface area contributed by atoms with Crippen LogP contribution in [0.1, 0.15) is 40.0 Å². The van der Waals surface area contributed by atoms with Gasteiger partial charge in [0.1, 0.15) is 0 Å². The Kier molecular flexibility index (Phi) is 3.57. The highest BCUT2D eigenvalue weighted by Gasteiger charge is 2.30. The molecule has 1 nitrogen and oxygen atoms in total. The highest BCUT2D eigenvalue weighted by molar-refractivity contribution is 4.85. The lowest BCUT2D eigenvalue weighted by molar-refractivity contribution is 0.0894. The smallest absolute Gasteiger partial charge is 0.00976 e. The van der Waals surface area contributed by atoms with Gasteiger partial charge in [0.2, 0.25) is 0 Å². The third-order valence-corrected chi connectivity index (χ3v) is 3.06. The molecule has 12 heavy (non-hydrogen) atoms. The zero-order valence-corrected chi connectivity index (χ0v) is 9.01. The maximum atomic E-state index is 2.54. The van der Waals surface area contributed by atoms with Crippen LogP contribution in [0.4, 0.5) is 0 Å². The van der Waals surface area contributed by atoms with Crippen LogP contribution in [0.15, 0.2) is 0 Å². The first-order valence-corrected chi connectivity index (χ1v) is 5.33. The molecule has 0 aromatic rings. The molecule has 0 saturated heterocycles. The molecule has 1 aliphatic carbocycles. The maximum Gasteiger partial charge on any atom is 0.00976 e. The van der Waals surface area contributed by atoms with Crippen molar-refractivity contribution in [1.29, 1.82) is 0 Å². The molecular weight excluding hydrogens is 146 g/mol. The second-order valence-corrected chi connectivity index (χ2v) is 4.73. The van der Waals surface area contributed by atoms with Crippen LogP contribution in [-0.4, -0.2) is 24.5 Å². The fraction of sp³-hybridized carbons (Fsp3) is 1.00. The minimum Gasteiger partial charge on any atom is -0.303 e. The van der Waals surface area contributed by atoms with E-state index in [-0.39, 0.29) is 0 Å². The van der Waals surface area contributed by atoms with Gasteiger partial charge >= 0.3 is 0 Å². The van der Waals surface area contributed by atoms with Crippen molar-refractivity contribution in [2.75, 3.05) is 13.6 Å². The van der Waals surface area contributed by atoms with Crippen LogP contribution in [0.5, 0.6) is 0 Å². The Morgan fingerprint density at radius 1 is 1.33 bits per heavy atom. The fourth-order valence-corrected chi connectivity index (χ4v) is 2.12. The summed E-state index contributed by atoms with van der Waals surface area (Å²) in [6.45, 7) is 8.17. The van der Waals surface area contributed by atoms with Crippen molar-refractivity contribution in [3.8, 4) is 0 Å². The molecule has 0 amide bonds. The van der Waals surface area contributed by atoms with Gasteiger partial charge in [-0.25, -0.2) is 0 Å². The largest absolute Gasteiger partial charge is 0.303 e. The van der Waals surface area contributed by atoms with Crippen LogP contribution in [0.25, 0.3) is 0 Å². The summed E-state index contributed by atoms with van der Waals surface area (Å²) in [5.41, 5.74) is 0. The Morgan fingerprint density at radius 3 is 2.33 bits per heavy atom. The second-order valence-electron chi connectivity index (χ2n) is 4.73. The molecule has 0 aromatic heterocycles. The molecule has 0 spiro atoms. The van der Waals surface area contributed by atoms with Crippen LogP contribution in [0, 0.1) is 11.8 Å². The summed E-state index contributed by atoms with van der Waals surface area (Å²) in [5.74, 6) is 1.85. The molecule has 1 saturated carbocycles. The standard InChI is InChI=1S/C11H23N/c1-5-10-6-11(7-10)12(4)8-9(2)3/h9-11H,5-8H2,1-4H3. The number of hydrogen-bond donors (Lipinski definition) is 0. The van der Waals surface area contributed by atoms with Crippen molar-refractivity contribution in [3.63, 3.8) is 0 Å². The van der Waals surface area contributed by atoms with E-state index < -0.39 is 0 Å². The lowest BCUT2D eigenvalue weighted by Crippen LogP contribution is -2.43. The minimum absolute atomic E-state index is 0.815. The molecule has 0 aromatic carbocycles. The summed E-state index contributed by atoms with van der Waals surface area (Å²) < 4.78 is 0. The van der Waals surface area contributed by atoms with Crippen LogP contribution in [0.3, 0.4) is 0 Å². The topological polar surface area (TPSA) is 3.24 Å². The summed E-state index contributed by atoms with van der Waals surface area (Å²) >= 11 is 0. The zero-order valence-electron chi connectivity index (χ0n) is 9.01. The van der Waals surface area contributed by atoms with Gasteiger partial charge in [-0.15, -0.1) is 0 Å². The first-order chi connectivity index (χ1) is 5.63. The van der Waals surface area contributed by atoms with E-state index in [9.17, 15) is 0 Å². The molecule has 0 unspecified atom stereocenters. The molecule has 1 fully saturated rings. The van der Waals surface area contributed by atoms with Crippen LogP contribution < -0.4 is 0 Å². The highest BCUT2D eigenvalue weighted by Crippen LogP contribution is 2.33. The normalized spacial score (nSPS) is 29.5. The van der Waals surface area contributed by atoms with E-state index in [0.717, 1.165) is 17.9 Å². The quantitative estimate of drug-likeness (QED) is 0.625. The summed E-state index contributed by atoms with van der Waals surface area (Å²) in [6, 6.07) is 0.900. The Morgan fingerprint density at radius 2 is 1.92 bits per heavy atom. The third kappa shape index (κ3) is 2.48. The van der Waals surface area contributed by atoms with Crippen LogP contribution in [0.2, 0.25) is 0 Å². The maximum absolute atomic E-state index is 2.54. The Labute approximate surface area is 77.1 Å². The molecule has 1 heteroatoms. The number of nitrogens with zero attached hydrogens (tertiary/aromatic N) is 1. The summed E-state index contributed by atoms with van der Waals surface area (Å²) in [6.07, 6.45) is 4.27. The van der Waals surface area contributed by atoms with Crippen molar-refractivity contribution < 1.29 is 0 Å². The van der Waals surface area contributed by atoms with Gasteiger partial charge in [0.05, 0.1) is 0 Å². The van der Waals surface area contributed by atoms with Gasteiger partial charge in [0.15, 0.2) is 0 Å². The third-order valence-electron chi connectivity index (χ3n) is 3.06. The van der Waals surface area contributed by atoms with Gasteiger partial charge in [-0.2, -0.15) is 0 Å². The van der Waals surface area contributed by atoms with E-state index >= 15 is 0 Å². The van der Waals surface area contributed by atoms with Crippen molar-refractivity contribution >= 4 is 0 Å². The minimum atomic E-state index is 0.815. The Hall–Kier alpha value is -0.0400. The summed E-state index contributed by atoms with van der Waals surface area (Å²) in [5, 5.41) is 0. The van der Waals surface area contributed by atoms with Gasteiger partial charge in [0.25, 0.3) is 0 Å². The lowest BCUT2D eigenvalue weighted by Gasteiger charge is -2.41. The molecule has 0 N–H and O–H groups in total. The second kappa shape index (κ2) is 4.27. The van der Waals surface area contributed by atoms with Crippen LogP contribution >= 0.6 is 0 Å². The average Bonchev–Trinajstić information content (AvgIpc) is 1.82. The van der Waals surface area contributed by atoms with E-state index in [4.69, 9.17) is 0 Å². The predicted molar refractivity (Wildman–Crippen MR) is 54.3 cm³/mol. The first-order valence-electron chi connectivity index (χ1n) is 5.33. The van der Waals surface area contributed by atoms with Crippen molar-refractivity contribution in [1.82, 2.24) is 4.90 Å². The molecular formula is C11H23N. The van der Waals surface area contributed by atoms with Gasteiger partial charge in [-0.1, -0.05) is 27.2 Å². The molecule has 0 atom stereocenters. The van der Waals surface area contributed by atoms with Gasteiger partial charge in [-0.05, 0) is 31.7 Å². The van der Waals surface area contributed by atoms with Gasteiger partial charge in [-0.3, -0.25) is 0 Å². The molecule has 0 radical (unpaired) electrons. The van der Waals surface area contributed by atoms with Crippen molar-refractivity contribution in [2.45, 2.75) is 46.1 Å². The predicted octanol–water partition coefficient (Wildman–Crippen LogP) is 2.76. The number of hydrogen-bond acceptors (Lipinski definition) is 1. The van der Waals surface area contributed by atoms with E-state index in [2.05, 4.69) is 32.7 Å². The number of rotatable bonds is 4.